The second kappa shape index (κ2) is 9.04. The van der Waals surface area contributed by atoms with E-state index in [2.05, 4.69) is 19.2 Å². The third kappa shape index (κ3) is 4.61. The Labute approximate surface area is 166 Å². The molecule has 3 rings (SSSR count). The Morgan fingerprint density at radius 3 is 2.39 bits per heavy atom. The number of hydrogen-bond donors (Lipinski definition) is 1. The van der Waals surface area contributed by atoms with Gasteiger partial charge in [0.25, 0.3) is 0 Å². The molecule has 1 fully saturated rings. The lowest BCUT2D eigenvalue weighted by atomic mass is 9.81. The van der Waals surface area contributed by atoms with Gasteiger partial charge in [-0.25, -0.2) is 4.68 Å². The molecule has 1 saturated carbocycles. The van der Waals surface area contributed by atoms with E-state index in [-0.39, 0.29) is 29.6 Å². The zero-order chi connectivity index (χ0) is 20.1. The SMILES string of the molecule is COC(=O)C1CCC(C(=O)NCc2cn(-c3ccccc3)nc2C(C)C)CC1. The molecule has 1 amide bonds. The van der Waals surface area contributed by atoms with Crippen LogP contribution in [0.1, 0.15) is 56.7 Å². The molecule has 2 aromatic rings. The summed E-state index contributed by atoms with van der Waals surface area (Å²) in [7, 11) is 1.42. The second-order valence-electron chi connectivity index (χ2n) is 7.76. The lowest BCUT2D eigenvalue weighted by Crippen LogP contribution is -2.34. The Bertz CT molecular complexity index is 806. The number of nitrogens with one attached hydrogen (secondary N) is 1. The van der Waals surface area contributed by atoms with Crippen LogP contribution in [0.4, 0.5) is 0 Å². The molecule has 0 unspecified atom stereocenters. The van der Waals surface area contributed by atoms with Crippen molar-refractivity contribution in [2.75, 3.05) is 7.11 Å². The average molecular weight is 383 g/mol. The van der Waals surface area contributed by atoms with Crippen molar-refractivity contribution in [2.45, 2.75) is 52.0 Å². The molecule has 0 atom stereocenters. The zero-order valence-electron chi connectivity index (χ0n) is 16.9. The fraction of sp³-hybridized carbons (Fsp3) is 0.500. The fourth-order valence-corrected chi connectivity index (χ4v) is 3.84. The highest BCUT2D eigenvalue weighted by Gasteiger charge is 2.30. The van der Waals surface area contributed by atoms with Crippen molar-refractivity contribution >= 4 is 11.9 Å². The number of amides is 1. The second-order valence-corrected chi connectivity index (χ2v) is 7.76. The number of benzene rings is 1. The highest BCUT2D eigenvalue weighted by atomic mass is 16.5. The molecule has 1 aromatic heterocycles. The molecule has 0 bridgehead atoms. The molecule has 150 valence electrons. The van der Waals surface area contributed by atoms with E-state index in [0.717, 1.165) is 29.8 Å². The molecular formula is C22H29N3O3. The maximum Gasteiger partial charge on any atom is 0.308 e. The average Bonchev–Trinajstić information content (AvgIpc) is 3.17. The first kappa shape index (κ1) is 20.1. The van der Waals surface area contributed by atoms with E-state index in [1.165, 1.54) is 7.11 Å². The summed E-state index contributed by atoms with van der Waals surface area (Å²) in [6.07, 6.45) is 4.89. The zero-order valence-corrected chi connectivity index (χ0v) is 16.9. The van der Waals surface area contributed by atoms with Gasteiger partial charge in [-0.15, -0.1) is 0 Å². The summed E-state index contributed by atoms with van der Waals surface area (Å²) in [5.74, 6) is 0.0740. The Morgan fingerprint density at radius 2 is 1.79 bits per heavy atom. The summed E-state index contributed by atoms with van der Waals surface area (Å²) in [5, 5.41) is 7.80. The highest BCUT2D eigenvalue weighted by molar-refractivity contribution is 5.79. The van der Waals surface area contributed by atoms with Crippen LogP contribution >= 0.6 is 0 Å². The molecule has 0 saturated heterocycles. The highest BCUT2D eigenvalue weighted by Crippen LogP contribution is 2.30. The van der Waals surface area contributed by atoms with Crippen molar-refractivity contribution in [3.8, 4) is 5.69 Å². The van der Waals surface area contributed by atoms with Gasteiger partial charge < -0.3 is 10.1 Å². The molecule has 1 heterocycles. The molecule has 0 spiro atoms. The summed E-state index contributed by atoms with van der Waals surface area (Å²) in [6.45, 7) is 4.68. The normalized spacial score (nSPS) is 19.4. The largest absolute Gasteiger partial charge is 0.469 e. The van der Waals surface area contributed by atoms with Gasteiger partial charge >= 0.3 is 5.97 Å². The molecule has 1 aliphatic carbocycles. The lowest BCUT2D eigenvalue weighted by Gasteiger charge is -2.26. The standard InChI is InChI=1S/C22H29N3O3/c1-15(2)20-18(14-25(24-20)19-7-5-4-6-8-19)13-23-21(26)16-9-11-17(12-10-16)22(27)28-3/h4-8,14-17H,9-13H2,1-3H3,(H,23,26). The van der Waals surface area contributed by atoms with Gasteiger partial charge in [0.2, 0.25) is 5.91 Å². The molecular weight excluding hydrogens is 354 g/mol. The van der Waals surface area contributed by atoms with E-state index in [1.54, 1.807) is 0 Å². The number of hydrogen-bond acceptors (Lipinski definition) is 4. The van der Waals surface area contributed by atoms with Crippen LogP contribution in [-0.4, -0.2) is 28.8 Å². The van der Waals surface area contributed by atoms with Crippen LogP contribution in [0.15, 0.2) is 36.5 Å². The Balaban J connectivity index is 1.62. The lowest BCUT2D eigenvalue weighted by molar-refractivity contribution is -0.147. The van der Waals surface area contributed by atoms with Gasteiger partial charge in [-0.1, -0.05) is 32.0 Å². The number of ether oxygens (including phenoxy) is 1. The first-order chi connectivity index (χ1) is 13.5. The number of esters is 1. The molecule has 6 heteroatoms. The predicted molar refractivity (Wildman–Crippen MR) is 107 cm³/mol. The number of nitrogens with zero attached hydrogens (tertiary/aromatic N) is 2. The van der Waals surface area contributed by atoms with E-state index >= 15 is 0 Å². The van der Waals surface area contributed by atoms with Crippen LogP contribution in [0.2, 0.25) is 0 Å². The predicted octanol–water partition coefficient (Wildman–Crippen LogP) is 3.59. The smallest absolute Gasteiger partial charge is 0.308 e. The number of aromatic nitrogens is 2. The number of methoxy groups -OCH3 is 1. The van der Waals surface area contributed by atoms with Gasteiger partial charge in [-0.2, -0.15) is 5.10 Å². The topological polar surface area (TPSA) is 73.2 Å². The van der Waals surface area contributed by atoms with E-state index in [9.17, 15) is 9.59 Å². The Morgan fingerprint density at radius 1 is 1.14 bits per heavy atom. The van der Waals surface area contributed by atoms with Crippen molar-refractivity contribution in [2.24, 2.45) is 11.8 Å². The molecule has 0 radical (unpaired) electrons. The minimum Gasteiger partial charge on any atom is -0.469 e. The number of rotatable bonds is 6. The summed E-state index contributed by atoms with van der Waals surface area (Å²) < 4.78 is 6.69. The van der Waals surface area contributed by atoms with Gasteiger partial charge in [-0.3, -0.25) is 9.59 Å². The number of para-hydroxylation sites is 1. The van der Waals surface area contributed by atoms with Crippen LogP contribution < -0.4 is 5.32 Å². The number of carbonyl (C=O) groups is 2. The third-order valence-electron chi connectivity index (χ3n) is 5.48. The van der Waals surface area contributed by atoms with Crippen LogP contribution in [0.5, 0.6) is 0 Å². The summed E-state index contributed by atoms with van der Waals surface area (Å²) in [4.78, 5) is 24.3. The van der Waals surface area contributed by atoms with Crippen LogP contribution in [0.25, 0.3) is 5.69 Å². The monoisotopic (exact) mass is 383 g/mol. The van der Waals surface area contributed by atoms with E-state index in [1.807, 2.05) is 41.2 Å². The quantitative estimate of drug-likeness (QED) is 0.774. The van der Waals surface area contributed by atoms with Gasteiger partial charge in [0, 0.05) is 24.2 Å². The molecule has 0 aliphatic heterocycles. The van der Waals surface area contributed by atoms with Gasteiger partial charge in [-0.05, 0) is 43.7 Å². The summed E-state index contributed by atoms with van der Waals surface area (Å²) in [5.41, 5.74) is 3.04. The third-order valence-corrected chi connectivity index (χ3v) is 5.48. The minimum absolute atomic E-state index is 0.0347. The molecule has 1 N–H and O–H groups in total. The first-order valence-corrected chi connectivity index (χ1v) is 9.99. The van der Waals surface area contributed by atoms with Crippen molar-refractivity contribution in [3.63, 3.8) is 0 Å². The molecule has 1 aliphatic rings. The van der Waals surface area contributed by atoms with Crippen molar-refractivity contribution in [3.05, 3.63) is 47.8 Å². The van der Waals surface area contributed by atoms with Gasteiger partial charge in [0.15, 0.2) is 0 Å². The van der Waals surface area contributed by atoms with Crippen molar-refractivity contribution in [1.29, 1.82) is 0 Å². The van der Waals surface area contributed by atoms with E-state index in [4.69, 9.17) is 9.84 Å². The summed E-state index contributed by atoms with van der Waals surface area (Å²) >= 11 is 0. The van der Waals surface area contributed by atoms with Crippen molar-refractivity contribution < 1.29 is 14.3 Å². The maximum atomic E-state index is 12.6. The van der Waals surface area contributed by atoms with Gasteiger partial charge in [0.05, 0.1) is 24.4 Å². The van der Waals surface area contributed by atoms with Crippen LogP contribution in [-0.2, 0) is 20.9 Å². The molecule has 1 aromatic carbocycles. The summed E-state index contributed by atoms with van der Waals surface area (Å²) in [6, 6.07) is 9.97. The van der Waals surface area contributed by atoms with E-state index in [0.29, 0.717) is 19.4 Å². The minimum atomic E-state index is -0.159. The van der Waals surface area contributed by atoms with Gasteiger partial charge in [0.1, 0.15) is 0 Å². The maximum absolute atomic E-state index is 12.6. The van der Waals surface area contributed by atoms with Crippen molar-refractivity contribution in [1.82, 2.24) is 15.1 Å². The molecule has 28 heavy (non-hydrogen) atoms. The van der Waals surface area contributed by atoms with Crippen LogP contribution in [0, 0.1) is 11.8 Å². The van der Waals surface area contributed by atoms with Crippen LogP contribution in [0.3, 0.4) is 0 Å². The number of carbonyl (C=O) groups excluding carboxylic acids is 2. The fourth-order valence-electron chi connectivity index (χ4n) is 3.84. The molecule has 6 nitrogen and oxygen atoms in total. The first-order valence-electron chi connectivity index (χ1n) is 9.99. The Hall–Kier alpha value is -2.63. The van der Waals surface area contributed by atoms with E-state index < -0.39 is 0 Å². The Kier molecular flexibility index (Phi) is 6.49.